The number of anilines is 4. The molecule has 0 saturated heterocycles. The minimum absolute atomic E-state index is 0.298. The predicted octanol–water partition coefficient (Wildman–Crippen LogP) is 2.59. The minimum atomic E-state index is -0.298. The third kappa shape index (κ3) is 4.73. The number of fused-ring (bicyclic) bond motifs is 1. The maximum Gasteiger partial charge on any atom is 0.319 e. The number of nitrogens with one attached hydrogen (secondary N) is 3. The normalized spacial score (nSPS) is 10.8. The molecule has 0 spiro atoms. The molecular formula is C21H23N9O2. The van der Waals surface area contributed by atoms with Crippen molar-refractivity contribution < 1.29 is 9.53 Å². The van der Waals surface area contributed by atoms with Gasteiger partial charge in [0.1, 0.15) is 17.3 Å². The lowest BCUT2D eigenvalue weighted by Gasteiger charge is -2.10. The Hall–Kier alpha value is -4.25. The molecule has 11 heteroatoms. The number of urea groups is 1. The Morgan fingerprint density at radius 1 is 1.12 bits per heavy atom. The zero-order valence-electron chi connectivity index (χ0n) is 17.7. The molecule has 3 aromatic heterocycles. The van der Waals surface area contributed by atoms with E-state index in [1.54, 1.807) is 42.9 Å². The predicted molar refractivity (Wildman–Crippen MR) is 122 cm³/mol. The van der Waals surface area contributed by atoms with E-state index in [1.165, 1.54) is 0 Å². The van der Waals surface area contributed by atoms with Crippen molar-refractivity contribution in [1.82, 2.24) is 29.9 Å². The molecule has 4 aromatic rings. The van der Waals surface area contributed by atoms with Crippen LogP contribution in [0.1, 0.15) is 5.82 Å². The molecule has 0 aliphatic rings. The second-order valence-electron chi connectivity index (χ2n) is 6.90. The monoisotopic (exact) mass is 433 g/mol. The number of aromatic nitrogens is 5. The smallest absolute Gasteiger partial charge is 0.319 e. The van der Waals surface area contributed by atoms with E-state index in [-0.39, 0.29) is 6.03 Å². The minimum Gasteiger partial charge on any atom is -0.384 e. The van der Waals surface area contributed by atoms with Gasteiger partial charge in [0.15, 0.2) is 11.5 Å². The Kier molecular flexibility index (Phi) is 6.08. The molecule has 164 valence electrons. The number of nitrogen functional groups attached to an aromatic ring is 1. The summed E-state index contributed by atoms with van der Waals surface area (Å²) in [5.74, 6) is 1.48. The van der Waals surface area contributed by atoms with Gasteiger partial charge in [-0.1, -0.05) is 0 Å². The lowest BCUT2D eigenvalue weighted by Crippen LogP contribution is -2.31. The zero-order valence-corrected chi connectivity index (χ0v) is 17.7. The fourth-order valence-corrected chi connectivity index (χ4v) is 3.13. The second-order valence-corrected chi connectivity index (χ2v) is 6.90. The van der Waals surface area contributed by atoms with Gasteiger partial charge in [-0.2, -0.15) is 5.10 Å². The zero-order chi connectivity index (χ0) is 22.5. The first-order valence-corrected chi connectivity index (χ1v) is 9.89. The van der Waals surface area contributed by atoms with Crippen molar-refractivity contribution in [3.63, 3.8) is 0 Å². The van der Waals surface area contributed by atoms with E-state index in [1.807, 2.05) is 24.3 Å². The first kappa shape index (κ1) is 21.0. The molecule has 0 saturated carbocycles. The molecule has 1 aromatic carbocycles. The maximum absolute atomic E-state index is 11.9. The van der Waals surface area contributed by atoms with Crippen LogP contribution >= 0.6 is 0 Å². The average Bonchev–Trinajstić information content (AvgIpc) is 3.12. The molecule has 4 rings (SSSR count). The number of imidazole rings is 1. The van der Waals surface area contributed by atoms with Crippen LogP contribution in [0.2, 0.25) is 0 Å². The van der Waals surface area contributed by atoms with E-state index in [4.69, 9.17) is 10.5 Å². The van der Waals surface area contributed by atoms with Crippen LogP contribution in [0.5, 0.6) is 0 Å². The number of carbonyl (C=O) groups excluding carboxylic acids is 1. The number of hydrogen-bond donors (Lipinski definition) is 4. The van der Waals surface area contributed by atoms with Crippen LogP contribution in [0.4, 0.5) is 27.8 Å². The van der Waals surface area contributed by atoms with Crippen LogP contribution in [0.15, 0.2) is 48.7 Å². The number of hydrogen-bond acceptors (Lipinski definition) is 8. The summed E-state index contributed by atoms with van der Waals surface area (Å²) in [5.41, 5.74) is 9.30. The van der Waals surface area contributed by atoms with Gasteiger partial charge in [-0.25, -0.2) is 24.3 Å². The lowest BCUT2D eigenvalue weighted by atomic mass is 10.2. The summed E-state index contributed by atoms with van der Waals surface area (Å²) in [4.78, 5) is 25.2. The van der Waals surface area contributed by atoms with Gasteiger partial charge in [-0.3, -0.25) is 0 Å². The first-order chi connectivity index (χ1) is 15.5. The summed E-state index contributed by atoms with van der Waals surface area (Å²) in [7, 11) is 1.58. The van der Waals surface area contributed by atoms with Crippen molar-refractivity contribution in [3.8, 4) is 11.4 Å². The molecule has 0 fully saturated rings. The van der Waals surface area contributed by atoms with Crippen LogP contribution in [0.3, 0.4) is 0 Å². The molecule has 2 amide bonds. The molecule has 3 heterocycles. The third-order valence-electron chi connectivity index (χ3n) is 4.49. The molecule has 0 bridgehead atoms. The van der Waals surface area contributed by atoms with Crippen molar-refractivity contribution in [2.75, 3.05) is 36.6 Å². The number of ether oxygens (including phenoxy) is 1. The van der Waals surface area contributed by atoms with Crippen molar-refractivity contribution in [1.29, 1.82) is 0 Å². The number of amides is 2. The van der Waals surface area contributed by atoms with Crippen LogP contribution in [0.25, 0.3) is 17.0 Å². The van der Waals surface area contributed by atoms with Gasteiger partial charge in [0.05, 0.1) is 12.3 Å². The molecule has 0 aliphatic heterocycles. The van der Waals surface area contributed by atoms with E-state index >= 15 is 0 Å². The van der Waals surface area contributed by atoms with E-state index in [2.05, 4.69) is 36.0 Å². The molecule has 5 N–H and O–H groups in total. The Morgan fingerprint density at radius 2 is 1.91 bits per heavy atom. The quantitative estimate of drug-likeness (QED) is 0.326. The van der Waals surface area contributed by atoms with Crippen molar-refractivity contribution in [3.05, 3.63) is 54.5 Å². The van der Waals surface area contributed by atoms with Gasteiger partial charge in [-0.05, 0) is 43.3 Å². The summed E-state index contributed by atoms with van der Waals surface area (Å²) >= 11 is 0. The Morgan fingerprint density at radius 3 is 2.66 bits per heavy atom. The Labute approximate surface area is 184 Å². The van der Waals surface area contributed by atoms with E-state index in [9.17, 15) is 4.79 Å². The van der Waals surface area contributed by atoms with E-state index in [0.717, 1.165) is 5.69 Å². The Bertz CT molecular complexity index is 1220. The second kappa shape index (κ2) is 9.27. The fourth-order valence-electron chi connectivity index (χ4n) is 3.13. The molecule has 32 heavy (non-hydrogen) atoms. The largest absolute Gasteiger partial charge is 0.384 e. The van der Waals surface area contributed by atoms with Gasteiger partial charge >= 0.3 is 6.03 Å². The number of aryl methyl sites for hydroxylation is 1. The number of benzene rings is 1. The highest BCUT2D eigenvalue weighted by molar-refractivity contribution is 5.89. The first-order valence-electron chi connectivity index (χ1n) is 9.89. The number of methoxy groups -OCH3 is 1. The highest BCUT2D eigenvalue weighted by Gasteiger charge is 2.18. The summed E-state index contributed by atoms with van der Waals surface area (Å²) in [5, 5.41) is 13.2. The summed E-state index contributed by atoms with van der Waals surface area (Å²) in [6, 6.07) is 12.3. The third-order valence-corrected chi connectivity index (χ3v) is 4.49. The van der Waals surface area contributed by atoms with Crippen molar-refractivity contribution in [2.24, 2.45) is 0 Å². The summed E-state index contributed by atoms with van der Waals surface area (Å²) in [6.07, 6.45) is 1.68. The maximum atomic E-state index is 11.9. The van der Waals surface area contributed by atoms with Crippen molar-refractivity contribution in [2.45, 2.75) is 6.92 Å². The van der Waals surface area contributed by atoms with Gasteiger partial charge in [0.2, 0.25) is 0 Å². The molecule has 0 radical (unpaired) electrons. The number of nitrogens with two attached hydrogens (primary N) is 1. The summed E-state index contributed by atoms with van der Waals surface area (Å²) < 4.78 is 6.61. The topological polar surface area (TPSA) is 144 Å². The molecule has 0 aliphatic carbocycles. The van der Waals surface area contributed by atoms with E-state index in [0.29, 0.717) is 53.3 Å². The van der Waals surface area contributed by atoms with Crippen molar-refractivity contribution >= 4 is 34.7 Å². The Balaban J connectivity index is 1.59. The van der Waals surface area contributed by atoms with Gasteiger partial charge in [-0.15, -0.1) is 0 Å². The van der Waals surface area contributed by atoms with Gasteiger partial charge < -0.3 is 26.4 Å². The summed E-state index contributed by atoms with van der Waals surface area (Å²) in [6.45, 7) is 2.66. The highest BCUT2D eigenvalue weighted by Crippen LogP contribution is 2.30. The molecule has 11 nitrogen and oxygen atoms in total. The van der Waals surface area contributed by atoms with E-state index < -0.39 is 0 Å². The highest BCUT2D eigenvalue weighted by atomic mass is 16.5. The van der Waals surface area contributed by atoms with Crippen LogP contribution in [-0.4, -0.2) is 50.9 Å². The van der Waals surface area contributed by atoms with Crippen LogP contribution in [0, 0.1) is 6.92 Å². The number of nitrogens with zero attached hydrogens (tertiary/aromatic N) is 5. The lowest BCUT2D eigenvalue weighted by molar-refractivity contribution is 0.198. The molecule has 0 atom stereocenters. The average molecular weight is 433 g/mol. The molecular weight excluding hydrogens is 410 g/mol. The van der Waals surface area contributed by atoms with Crippen LogP contribution in [-0.2, 0) is 4.74 Å². The molecule has 0 unspecified atom stereocenters. The number of rotatable bonds is 7. The van der Waals surface area contributed by atoms with Crippen LogP contribution < -0.4 is 21.7 Å². The standard InChI is InChI=1S/C21H23N9O2/c1-13-25-16(12-17(22)26-13)19-20(29-18-4-3-9-24-30(18)19)27-14-5-7-15(8-6-14)28-21(31)23-10-11-32-2/h3-9,12,27H,10-11H2,1-2H3,(H2,22,25,26)(H2,23,28,31). The SMILES string of the molecule is COCCNC(=O)Nc1ccc(Nc2nc3cccnn3c2-c2cc(N)nc(C)n2)cc1. The van der Waals surface area contributed by atoms with Gasteiger partial charge in [0, 0.05) is 37.3 Å². The fraction of sp³-hybridized carbons (Fsp3) is 0.190. The van der Waals surface area contributed by atoms with Gasteiger partial charge in [0.25, 0.3) is 0 Å². The number of carbonyl (C=O) groups is 1.